The normalized spacial score (nSPS) is 19.2. The van der Waals surface area contributed by atoms with Crippen LogP contribution in [0.15, 0.2) is 18.5 Å². The van der Waals surface area contributed by atoms with Gasteiger partial charge in [0.05, 0.1) is 13.2 Å². The van der Waals surface area contributed by atoms with Gasteiger partial charge in [0.1, 0.15) is 6.10 Å². The summed E-state index contributed by atoms with van der Waals surface area (Å²) in [6.45, 7) is 2.66. The molecule has 0 radical (unpaired) electrons. The summed E-state index contributed by atoms with van der Waals surface area (Å²) < 4.78 is 13.4. The van der Waals surface area contributed by atoms with Gasteiger partial charge in [0.15, 0.2) is 11.5 Å². The highest BCUT2D eigenvalue weighted by Gasteiger charge is 2.29. The van der Waals surface area contributed by atoms with E-state index < -0.39 is 0 Å². The molecule has 4 heterocycles. The summed E-state index contributed by atoms with van der Waals surface area (Å²) in [5.74, 6) is 1.76. The van der Waals surface area contributed by atoms with Crippen molar-refractivity contribution in [3.63, 3.8) is 0 Å². The summed E-state index contributed by atoms with van der Waals surface area (Å²) in [6.07, 6.45) is 5.79. The van der Waals surface area contributed by atoms with Crippen LogP contribution in [0.3, 0.4) is 0 Å². The van der Waals surface area contributed by atoms with Crippen molar-refractivity contribution in [3.05, 3.63) is 24.2 Å². The number of nitrogens with zero attached hydrogens (tertiary/aromatic N) is 6. The van der Waals surface area contributed by atoms with Crippen LogP contribution in [0.2, 0.25) is 0 Å². The van der Waals surface area contributed by atoms with E-state index in [1.165, 1.54) is 0 Å². The molecule has 1 unspecified atom stereocenters. The predicted octanol–water partition coefficient (Wildman–Crippen LogP) is 1.21. The Balaban J connectivity index is 1.45. The number of aromatic nitrogens is 4. The first kappa shape index (κ1) is 17.6. The van der Waals surface area contributed by atoms with Crippen LogP contribution in [-0.4, -0.2) is 70.5 Å². The van der Waals surface area contributed by atoms with E-state index in [-0.39, 0.29) is 12.0 Å². The number of carbonyl (C=O) groups excluding carboxylic acids is 1. The Kier molecular flexibility index (Phi) is 4.83. The van der Waals surface area contributed by atoms with E-state index in [1.54, 1.807) is 28.0 Å². The van der Waals surface area contributed by atoms with E-state index in [0.29, 0.717) is 43.0 Å². The van der Waals surface area contributed by atoms with Crippen LogP contribution in [0.4, 0.5) is 5.82 Å². The van der Waals surface area contributed by atoms with E-state index in [1.807, 2.05) is 19.0 Å². The molecule has 9 nitrogen and oxygen atoms in total. The van der Waals surface area contributed by atoms with Crippen molar-refractivity contribution in [3.8, 4) is 11.8 Å². The third-order valence-corrected chi connectivity index (χ3v) is 4.74. The molecule has 2 aromatic heterocycles. The molecule has 2 aliphatic heterocycles. The van der Waals surface area contributed by atoms with Gasteiger partial charge in [-0.05, 0) is 12.8 Å². The number of carbonyl (C=O) groups is 1. The highest BCUT2D eigenvalue weighted by atomic mass is 16.5. The van der Waals surface area contributed by atoms with E-state index in [4.69, 9.17) is 9.47 Å². The van der Waals surface area contributed by atoms with Gasteiger partial charge in [-0.2, -0.15) is 5.10 Å². The van der Waals surface area contributed by atoms with Crippen molar-refractivity contribution in [2.75, 3.05) is 38.7 Å². The molecule has 2 aromatic rings. The third-order valence-electron chi connectivity index (χ3n) is 4.74. The first-order valence-corrected chi connectivity index (χ1v) is 9.27. The summed E-state index contributed by atoms with van der Waals surface area (Å²) in [5.41, 5.74) is 0.432. The Morgan fingerprint density at radius 2 is 2.11 bits per heavy atom. The van der Waals surface area contributed by atoms with E-state index in [0.717, 1.165) is 25.8 Å². The van der Waals surface area contributed by atoms with Gasteiger partial charge in [-0.1, -0.05) is 0 Å². The molecule has 2 aliphatic rings. The summed E-state index contributed by atoms with van der Waals surface area (Å²) in [5, 5.41) is 4.40. The van der Waals surface area contributed by atoms with Gasteiger partial charge >= 0.3 is 0 Å². The SMILES string of the molecule is CN(C)c1nccnc1OC1CCCN(C(=O)c2cc3n(n2)CCCO3)C1. The fraction of sp³-hybridized carbons (Fsp3) is 0.556. The van der Waals surface area contributed by atoms with Crippen molar-refractivity contribution < 1.29 is 14.3 Å². The maximum Gasteiger partial charge on any atom is 0.274 e. The van der Waals surface area contributed by atoms with Crippen LogP contribution < -0.4 is 14.4 Å². The first-order valence-electron chi connectivity index (χ1n) is 9.27. The van der Waals surface area contributed by atoms with Crippen LogP contribution in [0.25, 0.3) is 0 Å². The number of fused-ring (bicyclic) bond motifs is 1. The van der Waals surface area contributed by atoms with Crippen molar-refractivity contribution >= 4 is 11.7 Å². The Morgan fingerprint density at radius 1 is 1.26 bits per heavy atom. The molecule has 0 bridgehead atoms. The Morgan fingerprint density at radius 3 is 2.93 bits per heavy atom. The molecule has 0 aromatic carbocycles. The molecule has 1 atom stereocenters. The summed E-state index contributed by atoms with van der Waals surface area (Å²) >= 11 is 0. The highest BCUT2D eigenvalue weighted by molar-refractivity contribution is 5.92. The molecular formula is C18H24N6O3. The lowest BCUT2D eigenvalue weighted by Gasteiger charge is -2.32. The van der Waals surface area contributed by atoms with Crippen LogP contribution in [0.5, 0.6) is 11.8 Å². The van der Waals surface area contributed by atoms with Crippen molar-refractivity contribution in [2.45, 2.75) is 31.9 Å². The monoisotopic (exact) mass is 372 g/mol. The molecule has 144 valence electrons. The summed E-state index contributed by atoms with van der Waals surface area (Å²) in [7, 11) is 3.80. The number of hydrogen-bond donors (Lipinski definition) is 0. The van der Waals surface area contributed by atoms with E-state index >= 15 is 0 Å². The van der Waals surface area contributed by atoms with Crippen LogP contribution >= 0.6 is 0 Å². The van der Waals surface area contributed by atoms with Crippen molar-refractivity contribution in [1.29, 1.82) is 0 Å². The second-order valence-corrected chi connectivity index (χ2v) is 7.01. The number of amides is 1. The van der Waals surface area contributed by atoms with Gasteiger partial charge in [0.25, 0.3) is 11.8 Å². The number of aryl methyl sites for hydroxylation is 1. The average molecular weight is 372 g/mol. The molecule has 0 aliphatic carbocycles. The molecule has 27 heavy (non-hydrogen) atoms. The number of piperidine rings is 1. The summed E-state index contributed by atoms with van der Waals surface area (Å²) in [6, 6.07) is 1.73. The van der Waals surface area contributed by atoms with Gasteiger partial charge in [-0.25, -0.2) is 14.6 Å². The molecule has 9 heteroatoms. The van der Waals surface area contributed by atoms with Crippen LogP contribution in [-0.2, 0) is 6.54 Å². The average Bonchev–Trinajstić information content (AvgIpc) is 3.12. The molecule has 0 spiro atoms. The van der Waals surface area contributed by atoms with Crippen molar-refractivity contribution in [1.82, 2.24) is 24.6 Å². The van der Waals surface area contributed by atoms with Gasteiger partial charge in [-0.15, -0.1) is 0 Å². The maximum atomic E-state index is 12.9. The second kappa shape index (κ2) is 7.42. The van der Waals surface area contributed by atoms with Gasteiger partial charge in [-0.3, -0.25) is 4.79 Å². The lowest BCUT2D eigenvalue weighted by Crippen LogP contribution is -2.44. The topological polar surface area (TPSA) is 85.6 Å². The Hall–Kier alpha value is -2.84. The Labute approximate surface area is 157 Å². The minimum absolute atomic E-state index is 0.0826. The van der Waals surface area contributed by atoms with E-state index in [9.17, 15) is 4.79 Å². The third kappa shape index (κ3) is 3.67. The van der Waals surface area contributed by atoms with Crippen LogP contribution in [0.1, 0.15) is 29.8 Å². The lowest BCUT2D eigenvalue weighted by atomic mass is 10.1. The minimum Gasteiger partial charge on any atom is -0.478 e. The molecule has 1 amide bonds. The maximum absolute atomic E-state index is 12.9. The minimum atomic E-state index is -0.119. The fourth-order valence-corrected chi connectivity index (χ4v) is 3.42. The molecule has 1 fully saturated rings. The zero-order valence-corrected chi connectivity index (χ0v) is 15.7. The van der Waals surface area contributed by atoms with Crippen molar-refractivity contribution in [2.24, 2.45) is 0 Å². The number of rotatable bonds is 4. The van der Waals surface area contributed by atoms with Crippen LogP contribution in [0, 0.1) is 0 Å². The molecule has 0 N–H and O–H groups in total. The molecular weight excluding hydrogens is 348 g/mol. The quantitative estimate of drug-likeness (QED) is 0.797. The Bertz CT molecular complexity index is 798. The zero-order valence-electron chi connectivity index (χ0n) is 15.7. The number of likely N-dealkylation sites (tertiary alicyclic amines) is 1. The molecule has 0 saturated carbocycles. The van der Waals surface area contributed by atoms with Gasteiger partial charge in [0.2, 0.25) is 5.88 Å². The number of anilines is 1. The predicted molar refractivity (Wildman–Crippen MR) is 98.3 cm³/mol. The summed E-state index contributed by atoms with van der Waals surface area (Å²) in [4.78, 5) is 25.2. The standard InChI is InChI=1S/C18H24N6O3/c1-22(2)16-17(20-7-6-19-16)27-13-5-3-8-23(12-13)18(25)14-11-15-24(21-14)9-4-10-26-15/h6-7,11,13H,3-5,8-10,12H2,1-2H3. The molecule has 1 saturated heterocycles. The molecule has 4 rings (SSSR count). The lowest BCUT2D eigenvalue weighted by molar-refractivity contribution is 0.0522. The number of ether oxygens (including phenoxy) is 2. The highest BCUT2D eigenvalue weighted by Crippen LogP contribution is 2.25. The van der Waals surface area contributed by atoms with E-state index in [2.05, 4.69) is 15.1 Å². The smallest absolute Gasteiger partial charge is 0.274 e. The van der Waals surface area contributed by atoms with Gasteiger partial charge < -0.3 is 19.3 Å². The van der Waals surface area contributed by atoms with Gasteiger partial charge in [0, 0.05) is 52.1 Å². The fourth-order valence-electron chi connectivity index (χ4n) is 3.42. The second-order valence-electron chi connectivity index (χ2n) is 7.01. The largest absolute Gasteiger partial charge is 0.478 e. The first-order chi connectivity index (χ1) is 13.1. The zero-order chi connectivity index (χ0) is 18.8. The number of hydrogen-bond acceptors (Lipinski definition) is 7.